The highest BCUT2D eigenvalue weighted by Gasteiger charge is 2.30. The fourth-order valence-corrected chi connectivity index (χ4v) is 3.19. The van der Waals surface area contributed by atoms with E-state index >= 15 is 0 Å². The van der Waals surface area contributed by atoms with Gasteiger partial charge in [-0.05, 0) is 26.2 Å². The van der Waals surface area contributed by atoms with E-state index in [-0.39, 0.29) is 11.9 Å². The van der Waals surface area contributed by atoms with Crippen molar-refractivity contribution in [2.24, 2.45) is 0 Å². The van der Waals surface area contributed by atoms with Gasteiger partial charge in [0.05, 0.1) is 5.69 Å². The van der Waals surface area contributed by atoms with E-state index < -0.39 is 18.1 Å². The Kier molecular flexibility index (Phi) is 5.03. The van der Waals surface area contributed by atoms with E-state index in [0.717, 1.165) is 19.3 Å². The zero-order valence-corrected chi connectivity index (χ0v) is 14.5. The average Bonchev–Trinajstić information content (AvgIpc) is 3.23. The number of nitrogens with zero attached hydrogens (tertiary/aromatic N) is 3. The second-order valence-electron chi connectivity index (χ2n) is 6.51. The summed E-state index contributed by atoms with van der Waals surface area (Å²) in [5, 5.41) is 13.1. The topological polar surface area (TPSA) is 108 Å². The minimum absolute atomic E-state index is 0.0399. The average molecular weight is 348 g/mol. The molecule has 1 aromatic heterocycles. The Labute approximate surface area is 146 Å². The molecule has 2 aliphatic rings. The van der Waals surface area contributed by atoms with Crippen molar-refractivity contribution in [2.45, 2.75) is 51.9 Å². The molecular weight excluding hydrogens is 324 g/mol. The molecular formula is C16H24N6O3. The Morgan fingerprint density at radius 1 is 1.36 bits per heavy atom. The Bertz CT molecular complexity index is 679. The number of aryl methyl sites for hydroxylation is 1. The molecule has 1 aromatic rings. The van der Waals surface area contributed by atoms with Gasteiger partial charge in [-0.15, -0.1) is 0 Å². The first-order valence-corrected chi connectivity index (χ1v) is 8.69. The monoisotopic (exact) mass is 348 g/mol. The summed E-state index contributed by atoms with van der Waals surface area (Å²) in [5.41, 5.74) is 0.679. The SMILES string of the molecule is CCC1CC(=O)NC(n2nc(C)cc2NC(=O)C(=O)N2CCCC2)N1. The van der Waals surface area contributed by atoms with Crippen LogP contribution in [0.25, 0.3) is 0 Å². The maximum Gasteiger partial charge on any atom is 0.315 e. The number of rotatable bonds is 3. The van der Waals surface area contributed by atoms with Crippen LogP contribution >= 0.6 is 0 Å². The highest BCUT2D eigenvalue weighted by Crippen LogP contribution is 2.18. The van der Waals surface area contributed by atoms with Gasteiger partial charge in [-0.2, -0.15) is 5.10 Å². The first-order chi connectivity index (χ1) is 12.0. The number of nitrogens with one attached hydrogen (secondary N) is 3. The quantitative estimate of drug-likeness (QED) is 0.671. The number of aromatic nitrogens is 2. The van der Waals surface area contributed by atoms with Crippen molar-refractivity contribution < 1.29 is 14.4 Å². The van der Waals surface area contributed by atoms with E-state index in [9.17, 15) is 14.4 Å². The van der Waals surface area contributed by atoms with Gasteiger partial charge in [0.15, 0.2) is 6.29 Å². The van der Waals surface area contributed by atoms with Crippen LogP contribution in [0.3, 0.4) is 0 Å². The predicted molar refractivity (Wildman–Crippen MR) is 90.4 cm³/mol. The van der Waals surface area contributed by atoms with Crippen LogP contribution in [0.5, 0.6) is 0 Å². The molecule has 2 aliphatic heterocycles. The molecule has 136 valence electrons. The van der Waals surface area contributed by atoms with E-state index in [0.29, 0.717) is 31.0 Å². The van der Waals surface area contributed by atoms with Crippen molar-refractivity contribution in [3.8, 4) is 0 Å². The van der Waals surface area contributed by atoms with E-state index in [1.807, 2.05) is 6.92 Å². The molecule has 3 rings (SSSR count). The van der Waals surface area contributed by atoms with Crippen LogP contribution in [-0.4, -0.2) is 51.5 Å². The van der Waals surface area contributed by atoms with Crippen LogP contribution in [0.2, 0.25) is 0 Å². The molecule has 3 amide bonds. The number of likely N-dealkylation sites (tertiary alicyclic amines) is 1. The van der Waals surface area contributed by atoms with Gasteiger partial charge >= 0.3 is 11.8 Å². The molecule has 0 radical (unpaired) electrons. The third-order valence-electron chi connectivity index (χ3n) is 4.55. The number of hydrogen-bond acceptors (Lipinski definition) is 5. The van der Waals surface area contributed by atoms with E-state index in [1.54, 1.807) is 17.9 Å². The number of hydrogen-bond donors (Lipinski definition) is 3. The molecule has 0 spiro atoms. The second kappa shape index (κ2) is 7.22. The fraction of sp³-hybridized carbons (Fsp3) is 0.625. The smallest absolute Gasteiger partial charge is 0.315 e. The summed E-state index contributed by atoms with van der Waals surface area (Å²) in [6, 6.07) is 1.72. The molecule has 0 saturated carbocycles. The molecule has 2 saturated heterocycles. The van der Waals surface area contributed by atoms with Crippen molar-refractivity contribution in [3.63, 3.8) is 0 Å². The summed E-state index contributed by atoms with van der Waals surface area (Å²) in [6.45, 7) is 5.02. The van der Waals surface area contributed by atoms with Gasteiger partial charge < -0.3 is 15.5 Å². The first kappa shape index (κ1) is 17.4. The van der Waals surface area contributed by atoms with E-state index in [4.69, 9.17) is 0 Å². The molecule has 9 nitrogen and oxygen atoms in total. The van der Waals surface area contributed by atoms with Gasteiger partial charge in [0.1, 0.15) is 5.82 Å². The summed E-state index contributed by atoms with van der Waals surface area (Å²) in [5.74, 6) is -0.911. The first-order valence-electron chi connectivity index (χ1n) is 8.69. The van der Waals surface area contributed by atoms with Gasteiger partial charge in [0, 0.05) is 31.6 Å². The number of anilines is 1. The van der Waals surface area contributed by atoms with Crippen LogP contribution in [0.15, 0.2) is 6.07 Å². The molecule has 0 aromatic carbocycles. The number of carbonyl (C=O) groups is 3. The number of carbonyl (C=O) groups excluding carboxylic acids is 3. The number of amides is 3. The Morgan fingerprint density at radius 2 is 2.08 bits per heavy atom. The Morgan fingerprint density at radius 3 is 2.76 bits per heavy atom. The van der Waals surface area contributed by atoms with Gasteiger partial charge in [0.25, 0.3) is 0 Å². The highest BCUT2D eigenvalue weighted by molar-refractivity contribution is 6.39. The summed E-state index contributed by atoms with van der Waals surface area (Å²) in [7, 11) is 0. The lowest BCUT2D eigenvalue weighted by Crippen LogP contribution is -2.53. The lowest BCUT2D eigenvalue weighted by atomic mass is 10.1. The summed E-state index contributed by atoms with van der Waals surface area (Å²) in [4.78, 5) is 37.9. The Balaban J connectivity index is 1.75. The summed E-state index contributed by atoms with van der Waals surface area (Å²) in [6.07, 6.45) is 2.50. The minimum atomic E-state index is -0.683. The largest absolute Gasteiger partial charge is 0.334 e. The van der Waals surface area contributed by atoms with Crippen molar-refractivity contribution >= 4 is 23.5 Å². The molecule has 2 fully saturated rings. The molecule has 3 heterocycles. The van der Waals surface area contributed by atoms with Gasteiger partial charge in [-0.1, -0.05) is 6.92 Å². The molecule has 25 heavy (non-hydrogen) atoms. The van der Waals surface area contributed by atoms with Gasteiger partial charge in [-0.3, -0.25) is 19.7 Å². The Hall–Kier alpha value is -2.42. The third-order valence-corrected chi connectivity index (χ3v) is 4.55. The van der Waals surface area contributed by atoms with Crippen molar-refractivity contribution in [1.29, 1.82) is 0 Å². The lowest BCUT2D eigenvalue weighted by Gasteiger charge is -2.31. The highest BCUT2D eigenvalue weighted by atomic mass is 16.2. The minimum Gasteiger partial charge on any atom is -0.334 e. The van der Waals surface area contributed by atoms with Crippen LogP contribution in [-0.2, 0) is 14.4 Å². The van der Waals surface area contributed by atoms with Crippen molar-refractivity contribution in [2.75, 3.05) is 18.4 Å². The molecule has 3 N–H and O–H groups in total. The van der Waals surface area contributed by atoms with Crippen LogP contribution in [0.1, 0.15) is 44.6 Å². The van der Waals surface area contributed by atoms with E-state index in [2.05, 4.69) is 21.0 Å². The molecule has 0 aliphatic carbocycles. The zero-order chi connectivity index (χ0) is 18.0. The molecule has 0 bridgehead atoms. The van der Waals surface area contributed by atoms with Crippen LogP contribution in [0.4, 0.5) is 5.82 Å². The summed E-state index contributed by atoms with van der Waals surface area (Å²) >= 11 is 0. The fourth-order valence-electron chi connectivity index (χ4n) is 3.19. The zero-order valence-electron chi connectivity index (χ0n) is 14.5. The van der Waals surface area contributed by atoms with Crippen LogP contribution in [0, 0.1) is 6.92 Å². The molecule has 9 heteroatoms. The van der Waals surface area contributed by atoms with E-state index in [1.165, 1.54) is 4.68 Å². The van der Waals surface area contributed by atoms with Crippen LogP contribution < -0.4 is 16.0 Å². The maximum absolute atomic E-state index is 12.3. The van der Waals surface area contributed by atoms with Crippen molar-refractivity contribution in [1.82, 2.24) is 25.3 Å². The van der Waals surface area contributed by atoms with Gasteiger partial charge in [-0.25, -0.2) is 4.68 Å². The maximum atomic E-state index is 12.3. The van der Waals surface area contributed by atoms with Gasteiger partial charge in [0.2, 0.25) is 5.91 Å². The standard InChI is InChI=1S/C16H24N6O3/c1-3-11-9-13(23)19-16(17-11)22-12(8-10(2)20-22)18-14(24)15(25)21-6-4-5-7-21/h8,11,16-17H,3-7,9H2,1-2H3,(H,18,24)(H,19,23). The summed E-state index contributed by atoms with van der Waals surface area (Å²) < 4.78 is 1.50. The predicted octanol–water partition coefficient (Wildman–Crippen LogP) is 0.0966. The normalized spacial score (nSPS) is 23.4. The second-order valence-corrected chi connectivity index (χ2v) is 6.51. The lowest BCUT2D eigenvalue weighted by molar-refractivity contribution is -0.142. The third kappa shape index (κ3) is 3.81. The molecule has 2 atom stereocenters. The molecule has 2 unspecified atom stereocenters. The van der Waals surface area contributed by atoms with Crippen molar-refractivity contribution in [3.05, 3.63) is 11.8 Å².